The maximum Gasteiger partial charge on any atom is 0.408 e. The average molecular weight is 730 g/mol. The number of unbranched alkanes of at least 4 members (excludes halogenated alkanes) is 4. The summed E-state index contributed by atoms with van der Waals surface area (Å²) in [6.07, 6.45) is 3.77. The zero-order valence-corrected chi connectivity index (χ0v) is 31.9. The Kier molecular flexibility index (Phi) is 25.6. The first-order valence-electron chi connectivity index (χ1n) is 18.4. The lowest BCUT2D eigenvalue weighted by Crippen LogP contribution is -2.53. The van der Waals surface area contributed by atoms with E-state index in [4.69, 9.17) is 23.7 Å². The molecule has 15 heteroatoms. The number of hydrogen-bond donors (Lipinski definition) is 3. The molecule has 0 spiro atoms. The van der Waals surface area contributed by atoms with E-state index in [1.165, 1.54) is 0 Å². The molecule has 0 saturated heterocycles. The van der Waals surface area contributed by atoms with Gasteiger partial charge < -0.3 is 39.6 Å². The van der Waals surface area contributed by atoms with E-state index in [0.717, 1.165) is 25.7 Å². The lowest BCUT2D eigenvalue weighted by atomic mass is 10.1. The summed E-state index contributed by atoms with van der Waals surface area (Å²) in [5.41, 5.74) is -0.907. The second-order valence-electron chi connectivity index (χ2n) is 13.2. The standard InChI is InChI=1S/C36H63N3O12/c1-8-12-22-47-30(41)20-17-27(33(44)49-24-14-10-3)37-29(40)19-16-26(39-35(46)51-36(5,6)7)32(43)38-28(34(45)50-25-15-11-4)18-21-31(42)48-23-13-9-2/h26-28H,8-25H2,1-7H3,(H,37,40)(H,38,43)(H,39,46). The molecule has 51 heavy (non-hydrogen) atoms. The topological polar surface area (TPSA) is 202 Å². The molecule has 0 aliphatic heterocycles. The molecule has 0 bridgehead atoms. The van der Waals surface area contributed by atoms with Crippen LogP contribution in [0.4, 0.5) is 4.79 Å². The molecule has 15 nitrogen and oxygen atoms in total. The molecule has 3 unspecified atom stereocenters. The minimum absolute atomic E-state index is 0.0650. The van der Waals surface area contributed by atoms with Crippen LogP contribution in [0.2, 0.25) is 0 Å². The van der Waals surface area contributed by atoms with Crippen molar-refractivity contribution in [2.45, 2.75) is 162 Å². The van der Waals surface area contributed by atoms with Gasteiger partial charge in [0.1, 0.15) is 23.7 Å². The molecular weight excluding hydrogens is 666 g/mol. The number of esters is 4. The third kappa shape index (κ3) is 24.8. The highest BCUT2D eigenvalue weighted by Crippen LogP contribution is 2.11. The molecule has 0 heterocycles. The predicted molar refractivity (Wildman–Crippen MR) is 188 cm³/mol. The van der Waals surface area contributed by atoms with Crippen LogP contribution in [0, 0.1) is 0 Å². The zero-order chi connectivity index (χ0) is 38.7. The average Bonchev–Trinajstić information content (AvgIpc) is 3.06. The number of hydrogen-bond acceptors (Lipinski definition) is 12. The van der Waals surface area contributed by atoms with Crippen molar-refractivity contribution in [2.24, 2.45) is 0 Å². The summed E-state index contributed by atoms with van der Waals surface area (Å²) >= 11 is 0. The molecule has 0 aliphatic carbocycles. The third-order valence-corrected chi connectivity index (χ3v) is 7.17. The molecule has 0 aromatic carbocycles. The van der Waals surface area contributed by atoms with Crippen LogP contribution >= 0.6 is 0 Å². The fourth-order valence-electron chi connectivity index (χ4n) is 4.20. The van der Waals surface area contributed by atoms with E-state index in [1.807, 2.05) is 27.7 Å². The van der Waals surface area contributed by atoms with E-state index in [1.54, 1.807) is 20.8 Å². The molecular formula is C36H63N3O12. The van der Waals surface area contributed by atoms with Crippen LogP contribution < -0.4 is 16.0 Å². The summed E-state index contributed by atoms with van der Waals surface area (Å²) in [5.74, 6) is -4.00. The Labute approximate surface area is 303 Å². The minimum atomic E-state index is -1.36. The maximum atomic E-state index is 13.6. The van der Waals surface area contributed by atoms with Gasteiger partial charge in [-0.25, -0.2) is 14.4 Å². The minimum Gasteiger partial charge on any atom is -0.466 e. The molecule has 0 saturated carbocycles. The van der Waals surface area contributed by atoms with Gasteiger partial charge in [0.25, 0.3) is 0 Å². The van der Waals surface area contributed by atoms with E-state index in [0.29, 0.717) is 25.7 Å². The van der Waals surface area contributed by atoms with Crippen LogP contribution in [-0.2, 0) is 52.5 Å². The lowest BCUT2D eigenvalue weighted by Gasteiger charge is -2.25. The predicted octanol–water partition coefficient (Wildman–Crippen LogP) is 4.56. The summed E-state index contributed by atoms with van der Waals surface area (Å²) in [6.45, 7) is 13.4. The van der Waals surface area contributed by atoms with Crippen molar-refractivity contribution in [3.05, 3.63) is 0 Å². The van der Waals surface area contributed by atoms with E-state index >= 15 is 0 Å². The van der Waals surface area contributed by atoms with Gasteiger partial charge in [-0.1, -0.05) is 53.4 Å². The first-order valence-corrected chi connectivity index (χ1v) is 18.4. The Balaban J connectivity index is 5.86. The number of carbonyl (C=O) groups is 7. The van der Waals surface area contributed by atoms with Gasteiger partial charge in [0.15, 0.2) is 0 Å². The van der Waals surface area contributed by atoms with Gasteiger partial charge in [0.2, 0.25) is 11.8 Å². The Morgan fingerprint density at radius 3 is 1.31 bits per heavy atom. The van der Waals surface area contributed by atoms with Gasteiger partial charge in [0, 0.05) is 19.3 Å². The van der Waals surface area contributed by atoms with Crippen LogP contribution in [0.5, 0.6) is 0 Å². The molecule has 0 fully saturated rings. The van der Waals surface area contributed by atoms with Gasteiger partial charge in [-0.05, 0) is 65.7 Å². The van der Waals surface area contributed by atoms with Gasteiger partial charge in [-0.2, -0.15) is 0 Å². The van der Waals surface area contributed by atoms with Crippen molar-refractivity contribution in [3.63, 3.8) is 0 Å². The number of amides is 3. The largest absolute Gasteiger partial charge is 0.466 e. The van der Waals surface area contributed by atoms with Crippen LogP contribution in [0.1, 0.15) is 138 Å². The van der Waals surface area contributed by atoms with Crippen molar-refractivity contribution >= 4 is 41.8 Å². The molecule has 294 valence electrons. The van der Waals surface area contributed by atoms with Crippen molar-refractivity contribution in [1.29, 1.82) is 0 Å². The third-order valence-electron chi connectivity index (χ3n) is 7.17. The van der Waals surface area contributed by atoms with Crippen molar-refractivity contribution in [2.75, 3.05) is 26.4 Å². The Morgan fingerprint density at radius 1 is 0.510 bits per heavy atom. The highest BCUT2D eigenvalue weighted by molar-refractivity contribution is 5.91. The van der Waals surface area contributed by atoms with E-state index in [2.05, 4.69) is 16.0 Å². The zero-order valence-electron chi connectivity index (χ0n) is 31.9. The Bertz CT molecular complexity index is 1080. The first kappa shape index (κ1) is 47.1. The fourth-order valence-corrected chi connectivity index (χ4v) is 4.20. The molecule has 0 aromatic rings. The van der Waals surface area contributed by atoms with E-state index in [9.17, 15) is 33.6 Å². The molecule has 0 aliphatic rings. The monoisotopic (exact) mass is 729 g/mol. The molecule has 0 rings (SSSR count). The summed E-state index contributed by atoms with van der Waals surface area (Å²) in [5, 5.41) is 7.57. The van der Waals surface area contributed by atoms with Gasteiger partial charge >= 0.3 is 30.0 Å². The van der Waals surface area contributed by atoms with Crippen molar-refractivity contribution in [3.8, 4) is 0 Å². The maximum absolute atomic E-state index is 13.6. The highest BCUT2D eigenvalue weighted by atomic mass is 16.6. The molecule has 3 N–H and O–H groups in total. The molecule has 0 aromatic heterocycles. The molecule has 3 atom stereocenters. The SMILES string of the molecule is CCCCOC(=O)CCC(NC(=O)CCC(NC(=O)OC(C)(C)C)C(=O)NC(CCC(=O)OCCCC)C(=O)OCCCC)C(=O)OCCCC. The summed E-state index contributed by atoms with van der Waals surface area (Å²) in [6, 6.07) is -3.76. The first-order chi connectivity index (χ1) is 24.2. The Hall–Kier alpha value is -3.91. The fraction of sp³-hybridized carbons (Fsp3) is 0.806. The van der Waals surface area contributed by atoms with Crippen LogP contribution in [0.15, 0.2) is 0 Å². The molecule has 0 radical (unpaired) electrons. The van der Waals surface area contributed by atoms with Gasteiger partial charge in [-0.15, -0.1) is 0 Å². The second kappa shape index (κ2) is 27.8. The van der Waals surface area contributed by atoms with E-state index < -0.39 is 65.5 Å². The second-order valence-corrected chi connectivity index (χ2v) is 13.2. The lowest BCUT2D eigenvalue weighted by molar-refractivity contribution is -0.150. The smallest absolute Gasteiger partial charge is 0.408 e. The summed E-state index contributed by atoms with van der Waals surface area (Å²) < 4.78 is 26.2. The molecule has 3 amide bonds. The van der Waals surface area contributed by atoms with Crippen LogP contribution in [-0.4, -0.2) is 91.9 Å². The normalized spacial score (nSPS) is 12.8. The van der Waals surface area contributed by atoms with Crippen molar-refractivity contribution in [1.82, 2.24) is 16.0 Å². The summed E-state index contributed by atoms with van der Waals surface area (Å²) in [7, 11) is 0. The van der Waals surface area contributed by atoms with E-state index in [-0.39, 0.29) is 65.0 Å². The highest BCUT2D eigenvalue weighted by Gasteiger charge is 2.31. The number of rotatable bonds is 27. The Morgan fingerprint density at radius 2 is 0.902 bits per heavy atom. The number of carbonyl (C=O) groups excluding carboxylic acids is 7. The van der Waals surface area contributed by atoms with Gasteiger partial charge in [-0.3, -0.25) is 19.2 Å². The number of nitrogens with one attached hydrogen (secondary N) is 3. The van der Waals surface area contributed by atoms with Gasteiger partial charge in [0.05, 0.1) is 26.4 Å². The quantitative estimate of drug-likeness (QED) is 0.0605. The van der Waals surface area contributed by atoms with Crippen LogP contribution in [0.3, 0.4) is 0 Å². The summed E-state index contributed by atoms with van der Waals surface area (Å²) in [4.78, 5) is 89.6. The number of alkyl carbamates (subject to hydrolysis) is 1. The van der Waals surface area contributed by atoms with Crippen LogP contribution in [0.25, 0.3) is 0 Å². The number of ether oxygens (including phenoxy) is 5. The van der Waals surface area contributed by atoms with Crippen molar-refractivity contribution < 1.29 is 57.2 Å².